The van der Waals surface area contributed by atoms with Crippen molar-refractivity contribution >= 4 is 17.5 Å². The maximum absolute atomic E-state index is 12.1. The van der Waals surface area contributed by atoms with E-state index in [4.69, 9.17) is 11.6 Å². The summed E-state index contributed by atoms with van der Waals surface area (Å²) in [6.45, 7) is 7.05. The highest BCUT2D eigenvalue weighted by molar-refractivity contribution is 6.34. The molecular formula is C14H23ClN4O. The summed E-state index contributed by atoms with van der Waals surface area (Å²) in [5.41, 5.74) is 1.34. The van der Waals surface area contributed by atoms with E-state index < -0.39 is 0 Å². The number of rotatable bonds is 3. The molecule has 1 atom stereocenters. The maximum atomic E-state index is 12.1. The van der Waals surface area contributed by atoms with Crippen molar-refractivity contribution in [3.05, 3.63) is 16.4 Å². The molecule has 1 amide bonds. The Balaban J connectivity index is 2.32. The van der Waals surface area contributed by atoms with Crippen LogP contribution in [0.25, 0.3) is 0 Å². The molecule has 2 rings (SSSR count). The van der Waals surface area contributed by atoms with Gasteiger partial charge in [-0.05, 0) is 19.8 Å². The molecule has 0 spiro atoms. The number of hydrogen-bond acceptors (Lipinski definition) is 3. The number of halogens is 1. The second-order valence-corrected chi connectivity index (χ2v) is 5.99. The highest BCUT2D eigenvalue weighted by Gasteiger charge is 2.27. The van der Waals surface area contributed by atoms with Crippen LogP contribution < -0.4 is 0 Å². The minimum atomic E-state index is -0.134. The van der Waals surface area contributed by atoms with Crippen LogP contribution in [0.3, 0.4) is 0 Å². The number of carbonyl (C=O) groups excluding carboxylic acids is 1. The van der Waals surface area contributed by atoms with E-state index in [0.29, 0.717) is 16.8 Å². The molecule has 1 aromatic rings. The van der Waals surface area contributed by atoms with Crippen LogP contribution in [0.5, 0.6) is 0 Å². The zero-order chi connectivity index (χ0) is 14.9. The Labute approximate surface area is 125 Å². The van der Waals surface area contributed by atoms with Crippen LogP contribution in [0.15, 0.2) is 0 Å². The van der Waals surface area contributed by atoms with Gasteiger partial charge in [-0.25, -0.2) is 0 Å². The van der Waals surface area contributed by atoms with Gasteiger partial charge in [0.2, 0.25) is 0 Å². The quantitative estimate of drug-likeness (QED) is 0.859. The Bertz CT molecular complexity index is 498. The summed E-state index contributed by atoms with van der Waals surface area (Å²) in [6.07, 6.45) is 2.14. The second kappa shape index (κ2) is 6.14. The first-order valence-corrected chi connectivity index (χ1v) is 7.54. The molecule has 0 fully saturated rings. The van der Waals surface area contributed by atoms with E-state index in [1.54, 1.807) is 14.1 Å². The van der Waals surface area contributed by atoms with Crippen LogP contribution in [0.4, 0.5) is 0 Å². The first kappa shape index (κ1) is 15.3. The molecule has 0 saturated carbocycles. The lowest BCUT2D eigenvalue weighted by Crippen LogP contribution is -2.32. The predicted octanol–water partition coefficient (Wildman–Crippen LogP) is 2.24. The van der Waals surface area contributed by atoms with Crippen molar-refractivity contribution < 1.29 is 4.79 Å². The fraction of sp³-hybridized carbons (Fsp3) is 0.714. The Morgan fingerprint density at radius 2 is 2.15 bits per heavy atom. The Morgan fingerprint density at radius 3 is 2.75 bits per heavy atom. The average Bonchev–Trinajstić information content (AvgIpc) is 2.62. The maximum Gasteiger partial charge on any atom is 0.275 e. The van der Waals surface area contributed by atoms with Gasteiger partial charge in [-0.15, -0.1) is 0 Å². The van der Waals surface area contributed by atoms with Gasteiger partial charge in [0.1, 0.15) is 0 Å². The van der Waals surface area contributed by atoms with E-state index in [1.165, 1.54) is 4.90 Å². The van der Waals surface area contributed by atoms with Crippen LogP contribution in [0, 0.1) is 0 Å². The van der Waals surface area contributed by atoms with Crippen LogP contribution in [-0.2, 0) is 13.1 Å². The van der Waals surface area contributed by atoms with Gasteiger partial charge in [0.25, 0.3) is 5.91 Å². The van der Waals surface area contributed by atoms with Gasteiger partial charge < -0.3 is 4.90 Å². The molecule has 0 N–H and O–H groups in total. The van der Waals surface area contributed by atoms with Crippen molar-refractivity contribution in [2.45, 2.75) is 45.8 Å². The van der Waals surface area contributed by atoms with Crippen molar-refractivity contribution in [3.8, 4) is 0 Å². The number of aromatic nitrogens is 2. The molecule has 112 valence electrons. The molecule has 0 saturated heterocycles. The largest absolute Gasteiger partial charge is 0.343 e. The Hall–Kier alpha value is -1.07. The highest BCUT2D eigenvalue weighted by Crippen LogP contribution is 2.26. The molecule has 1 aliphatic rings. The number of nitrogens with zero attached hydrogens (tertiary/aromatic N) is 4. The van der Waals surface area contributed by atoms with E-state index in [9.17, 15) is 4.79 Å². The van der Waals surface area contributed by atoms with Gasteiger partial charge >= 0.3 is 0 Å². The van der Waals surface area contributed by atoms with Crippen molar-refractivity contribution in [2.24, 2.45) is 0 Å². The molecule has 0 radical (unpaired) electrons. The van der Waals surface area contributed by atoms with Crippen molar-refractivity contribution in [1.29, 1.82) is 0 Å². The van der Waals surface area contributed by atoms with E-state index in [-0.39, 0.29) is 5.91 Å². The molecule has 5 nitrogen and oxygen atoms in total. The molecule has 6 heteroatoms. The van der Waals surface area contributed by atoms with Crippen LogP contribution in [-0.4, -0.2) is 52.2 Å². The summed E-state index contributed by atoms with van der Waals surface area (Å²) in [6, 6.07) is 0.514. The van der Waals surface area contributed by atoms with Crippen molar-refractivity contribution in [1.82, 2.24) is 19.6 Å². The third kappa shape index (κ3) is 2.83. The van der Waals surface area contributed by atoms with Crippen LogP contribution in [0.1, 0.15) is 42.9 Å². The standard InChI is InChI=1S/C14H23ClN4O/c1-5-10(2)18-7-6-8-19-11(9-18)12(15)13(16-19)14(20)17(3)4/h10H,5-9H2,1-4H3. The second-order valence-electron chi connectivity index (χ2n) is 5.61. The van der Waals surface area contributed by atoms with Crippen LogP contribution >= 0.6 is 11.6 Å². The molecule has 20 heavy (non-hydrogen) atoms. The van der Waals surface area contributed by atoms with E-state index in [2.05, 4.69) is 23.8 Å². The van der Waals surface area contributed by atoms with E-state index in [0.717, 1.165) is 38.2 Å². The molecule has 0 aliphatic carbocycles. The fourth-order valence-electron chi connectivity index (χ4n) is 2.49. The lowest BCUT2D eigenvalue weighted by molar-refractivity contribution is 0.0821. The molecule has 2 heterocycles. The van der Waals surface area contributed by atoms with Gasteiger partial charge in [0.05, 0.1) is 10.7 Å². The van der Waals surface area contributed by atoms with Crippen molar-refractivity contribution in [3.63, 3.8) is 0 Å². The van der Waals surface area contributed by atoms with Gasteiger partial charge in [-0.2, -0.15) is 5.10 Å². The summed E-state index contributed by atoms with van der Waals surface area (Å²) >= 11 is 6.41. The van der Waals surface area contributed by atoms with E-state index in [1.807, 2.05) is 4.68 Å². The third-order valence-electron chi connectivity index (χ3n) is 3.98. The third-order valence-corrected chi connectivity index (χ3v) is 4.38. The van der Waals surface area contributed by atoms with Crippen LogP contribution in [0.2, 0.25) is 5.02 Å². The number of fused-ring (bicyclic) bond motifs is 1. The van der Waals surface area contributed by atoms with Gasteiger partial charge in [0, 0.05) is 39.8 Å². The summed E-state index contributed by atoms with van der Waals surface area (Å²) in [4.78, 5) is 16.0. The van der Waals surface area contributed by atoms with Gasteiger partial charge in [0.15, 0.2) is 5.69 Å². The fourth-order valence-corrected chi connectivity index (χ4v) is 2.76. The first-order chi connectivity index (χ1) is 9.45. The van der Waals surface area contributed by atoms with Gasteiger partial charge in [-0.3, -0.25) is 14.4 Å². The topological polar surface area (TPSA) is 41.4 Å². The zero-order valence-electron chi connectivity index (χ0n) is 12.7. The summed E-state index contributed by atoms with van der Waals surface area (Å²) < 4.78 is 1.90. The summed E-state index contributed by atoms with van der Waals surface area (Å²) in [5, 5.41) is 4.93. The zero-order valence-corrected chi connectivity index (χ0v) is 13.4. The van der Waals surface area contributed by atoms with Crippen molar-refractivity contribution in [2.75, 3.05) is 20.6 Å². The monoisotopic (exact) mass is 298 g/mol. The molecular weight excluding hydrogens is 276 g/mol. The molecule has 1 aliphatic heterocycles. The number of aryl methyl sites for hydroxylation is 1. The first-order valence-electron chi connectivity index (χ1n) is 7.16. The normalized spacial score (nSPS) is 17.4. The lowest BCUT2D eigenvalue weighted by Gasteiger charge is -2.26. The average molecular weight is 299 g/mol. The number of carbonyl (C=O) groups is 1. The molecule has 0 bridgehead atoms. The summed E-state index contributed by atoms with van der Waals surface area (Å²) in [7, 11) is 3.43. The number of amides is 1. The smallest absolute Gasteiger partial charge is 0.275 e. The van der Waals surface area contributed by atoms with Gasteiger partial charge in [-0.1, -0.05) is 18.5 Å². The molecule has 1 unspecified atom stereocenters. The SMILES string of the molecule is CCC(C)N1CCCn2nc(C(=O)N(C)C)c(Cl)c2C1. The summed E-state index contributed by atoms with van der Waals surface area (Å²) in [5.74, 6) is -0.134. The number of hydrogen-bond donors (Lipinski definition) is 0. The lowest BCUT2D eigenvalue weighted by atomic mass is 10.2. The molecule has 0 aromatic carbocycles. The molecule has 1 aromatic heterocycles. The minimum absolute atomic E-state index is 0.134. The minimum Gasteiger partial charge on any atom is -0.343 e. The highest BCUT2D eigenvalue weighted by atomic mass is 35.5. The Kier molecular flexibility index (Phi) is 4.70. The Morgan fingerprint density at radius 1 is 1.45 bits per heavy atom. The predicted molar refractivity (Wildman–Crippen MR) is 80.0 cm³/mol. The van der Waals surface area contributed by atoms with E-state index >= 15 is 0 Å².